The normalized spacial score (nSPS) is 11.5. The van der Waals surface area contributed by atoms with E-state index in [9.17, 15) is 4.79 Å². The maximum absolute atomic E-state index is 12.9. The molecule has 0 aliphatic carbocycles. The van der Waals surface area contributed by atoms with Crippen molar-refractivity contribution in [2.24, 2.45) is 7.05 Å². The number of aromatic nitrogens is 1. The Morgan fingerprint density at radius 3 is 2.63 bits per heavy atom. The van der Waals surface area contributed by atoms with E-state index in [1.807, 2.05) is 19.2 Å². The van der Waals surface area contributed by atoms with E-state index in [1.165, 1.54) is 16.3 Å². The van der Waals surface area contributed by atoms with Gasteiger partial charge in [0, 0.05) is 23.3 Å². The van der Waals surface area contributed by atoms with Crippen LogP contribution in [0.4, 0.5) is 0 Å². The standard InChI is InChI=1S/C24H25NO2/c1-4-6-13-27-24(26)20-15-17-14-16(5-2)11-12-18(17)22-19-9-7-8-10-21(19)25(3)23(20)22/h7-12,14-15H,4-6,13H2,1-3H3. The van der Waals surface area contributed by atoms with Crippen LogP contribution in [0.1, 0.15) is 42.6 Å². The van der Waals surface area contributed by atoms with E-state index in [4.69, 9.17) is 4.74 Å². The molecule has 0 N–H and O–H groups in total. The third kappa shape index (κ3) is 2.87. The molecule has 138 valence electrons. The lowest BCUT2D eigenvalue weighted by Gasteiger charge is -2.11. The Kier molecular flexibility index (Phi) is 4.61. The number of fused-ring (bicyclic) bond motifs is 5. The molecule has 0 fully saturated rings. The van der Waals surface area contributed by atoms with Gasteiger partial charge in [-0.25, -0.2) is 4.79 Å². The first-order valence-corrected chi connectivity index (χ1v) is 9.75. The van der Waals surface area contributed by atoms with E-state index in [0.29, 0.717) is 12.2 Å². The summed E-state index contributed by atoms with van der Waals surface area (Å²) in [6.07, 6.45) is 2.87. The molecule has 1 heterocycles. The van der Waals surface area contributed by atoms with Gasteiger partial charge in [-0.05, 0) is 41.3 Å². The van der Waals surface area contributed by atoms with Gasteiger partial charge in [-0.15, -0.1) is 0 Å². The van der Waals surface area contributed by atoms with Crippen LogP contribution in [0, 0.1) is 0 Å². The summed E-state index contributed by atoms with van der Waals surface area (Å²) >= 11 is 0. The van der Waals surface area contributed by atoms with Crippen LogP contribution < -0.4 is 0 Å². The molecule has 0 aliphatic heterocycles. The zero-order valence-corrected chi connectivity index (χ0v) is 16.2. The van der Waals surface area contributed by atoms with E-state index >= 15 is 0 Å². The summed E-state index contributed by atoms with van der Waals surface area (Å²) in [4.78, 5) is 12.9. The summed E-state index contributed by atoms with van der Waals surface area (Å²) in [5, 5.41) is 4.59. The Balaban J connectivity index is 2.06. The Labute approximate surface area is 159 Å². The second kappa shape index (κ2) is 7.07. The fourth-order valence-corrected chi connectivity index (χ4v) is 3.93. The molecule has 4 rings (SSSR count). The number of carbonyl (C=O) groups excluding carboxylic acids is 1. The maximum atomic E-state index is 12.9. The zero-order valence-electron chi connectivity index (χ0n) is 16.2. The SMILES string of the molecule is CCCCOC(=O)c1cc2cc(CC)ccc2c2c3ccccc3n(C)c12. The van der Waals surface area contributed by atoms with Crippen molar-refractivity contribution in [2.45, 2.75) is 33.1 Å². The van der Waals surface area contributed by atoms with Crippen molar-refractivity contribution in [3.8, 4) is 0 Å². The molecule has 27 heavy (non-hydrogen) atoms. The van der Waals surface area contributed by atoms with E-state index in [-0.39, 0.29) is 5.97 Å². The van der Waals surface area contributed by atoms with Gasteiger partial charge in [0.25, 0.3) is 0 Å². The number of nitrogens with zero attached hydrogens (tertiary/aromatic N) is 1. The number of benzene rings is 3. The van der Waals surface area contributed by atoms with Gasteiger partial charge in [-0.3, -0.25) is 0 Å². The summed E-state index contributed by atoms with van der Waals surface area (Å²) in [7, 11) is 2.03. The predicted molar refractivity (Wildman–Crippen MR) is 112 cm³/mol. The second-order valence-electron chi connectivity index (χ2n) is 7.12. The quantitative estimate of drug-likeness (QED) is 0.323. The fourth-order valence-electron chi connectivity index (χ4n) is 3.93. The van der Waals surface area contributed by atoms with E-state index in [2.05, 4.69) is 54.8 Å². The van der Waals surface area contributed by atoms with Crippen LogP contribution >= 0.6 is 0 Å². The van der Waals surface area contributed by atoms with Gasteiger partial charge in [0.05, 0.1) is 17.7 Å². The average Bonchev–Trinajstić information content (AvgIpc) is 3.00. The van der Waals surface area contributed by atoms with Gasteiger partial charge in [0.1, 0.15) is 0 Å². The highest BCUT2D eigenvalue weighted by molar-refractivity contribution is 6.25. The molecule has 0 unspecified atom stereocenters. The number of ether oxygens (including phenoxy) is 1. The molecule has 0 amide bonds. The first kappa shape index (κ1) is 17.6. The lowest BCUT2D eigenvalue weighted by molar-refractivity contribution is 0.0502. The molecule has 0 atom stereocenters. The lowest BCUT2D eigenvalue weighted by atomic mass is 9.97. The molecule has 3 nitrogen and oxygen atoms in total. The van der Waals surface area contributed by atoms with Crippen LogP contribution in [0.2, 0.25) is 0 Å². The number of unbranched alkanes of at least 4 members (excludes halogenated alkanes) is 1. The van der Waals surface area contributed by atoms with Gasteiger partial charge in [0.15, 0.2) is 0 Å². The summed E-state index contributed by atoms with van der Waals surface area (Å²) in [6, 6.07) is 16.9. The van der Waals surface area contributed by atoms with Crippen molar-refractivity contribution in [3.63, 3.8) is 0 Å². The Morgan fingerprint density at radius 1 is 1.04 bits per heavy atom. The van der Waals surface area contributed by atoms with E-state index in [0.717, 1.165) is 41.1 Å². The number of carbonyl (C=O) groups is 1. The second-order valence-corrected chi connectivity index (χ2v) is 7.12. The Hall–Kier alpha value is -2.81. The number of rotatable bonds is 5. The summed E-state index contributed by atoms with van der Waals surface area (Å²) in [5.41, 5.74) is 4.00. The molecule has 1 aromatic heterocycles. The first-order valence-electron chi connectivity index (χ1n) is 9.75. The molecule has 0 saturated carbocycles. The molecular formula is C24H25NO2. The van der Waals surface area contributed by atoms with Crippen LogP contribution in [-0.2, 0) is 18.2 Å². The Morgan fingerprint density at radius 2 is 1.85 bits per heavy atom. The highest BCUT2D eigenvalue weighted by atomic mass is 16.5. The van der Waals surface area contributed by atoms with Crippen molar-refractivity contribution < 1.29 is 9.53 Å². The number of esters is 1. The third-order valence-electron chi connectivity index (χ3n) is 5.41. The van der Waals surface area contributed by atoms with Crippen molar-refractivity contribution in [2.75, 3.05) is 6.61 Å². The zero-order chi connectivity index (χ0) is 19.0. The highest BCUT2D eigenvalue weighted by Crippen LogP contribution is 2.37. The smallest absolute Gasteiger partial charge is 0.340 e. The predicted octanol–water partition coefficient (Wildman–Crippen LogP) is 6.00. The maximum Gasteiger partial charge on any atom is 0.340 e. The van der Waals surface area contributed by atoms with Crippen LogP contribution in [0.5, 0.6) is 0 Å². The van der Waals surface area contributed by atoms with Crippen LogP contribution in [0.25, 0.3) is 32.6 Å². The number of aryl methyl sites for hydroxylation is 2. The van der Waals surface area contributed by atoms with Crippen LogP contribution in [0.15, 0.2) is 48.5 Å². The molecule has 3 aromatic carbocycles. The number of hydrogen-bond acceptors (Lipinski definition) is 2. The molecule has 0 radical (unpaired) electrons. The van der Waals surface area contributed by atoms with Gasteiger partial charge in [-0.2, -0.15) is 0 Å². The average molecular weight is 359 g/mol. The van der Waals surface area contributed by atoms with Crippen molar-refractivity contribution in [1.29, 1.82) is 0 Å². The molecule has 3 heteroatoms. The summed E-state index contributed by atoms with van der Waals surface area (Å²) in [5.74, 6) is -0.233. The van der Waals surface area contributed by atoms with Crippen molar-refractivity contribution in [3.05, 3.63) is 59.7 Å². The van der Waals surface area contributed by atoms with Gasteiger partial charge in [0.2, 0.25) is 0 Å². The van der Waals surface area contributed by atoms with Crippen molar-refractivity contribution >= 4 is 38.5 Å². The van der Waals surface area contributed by atoms with Crippen molar-refractivity contribution in [1.82, 2.24) is 4.57 Å². The first-order chi connectivity index (χ1) is 13.2. The highest BCUT2D eigenvalue weighted by Gasteiger charge is 2.20. The third-order valence-corrected chi connectivity index (χ3v) is 5.41. The van der Waals surface area contributed by atoms with Gasteiger partial charge >= 0.3 is 5.97 Å². The molecule has 4 aromatic rings. The monoisotopic (exact) mass is 359 g/mol. The number of para-hydroxylation sites is 1. The van der Waals surface area contributed by atoms with Gasteiger partial charge < -0.3 is 9.30 Å². The Bertz CT molecular complexity index is 1150. The lowest BCUT2D eigenvalue weighted by Crippen LogP contribution is -2.08. The number of hydrogen-bond donors (Lipinski definition) is 0. The minimum absolute atomic E-state index is 0.233. The topological polar surface area (TPSA) is 31.2 Å². The molecule has 0 saturated heterocycles. The van der Waals surface area contributed by atoms with E-state index in [1.54, 1.807) is 0 Å². The van der Waals surface area contributed by atoms with E-state index < -0.39 is 0 Å². The van der Waals surface area contributed by atoms with Crippen LogP contribution in [0.3, 0.4) is 0 Å². The molecule has 0 spiro atoms. The minimum atomic E-state index is -0.233. The molecule has 0 aliphatic rings. The fraction of sp³-hybridized carbons (Fsp3) is 0.292. The van der Waals surface area contributed by atoms with Gasteiger partial charge in [-0.1, -0.05) is 56.7 Å². The minimum Gasteiger partial charge on any atom is -0.462 e. The largest absolute Gasteiger partial charge is 0.462 e. The molecule has 0 bridgehead atoms. The summed E-state index contributed by atoms with van der Waals surface area (Å²) in [6.45, 7) is 4.71. The van der Waals surface area contributed by atoms with Crippen LogP contribution in [-0.4, -0.2) is 17.1 Å². The molecular weight excluding hydrogens is 334 g/mol. The summed E-state index contributed by atoms with van der Waals surface area (Å²) < 4.78 is 7.70.